The van der Waals surface area contributed by atoms with Crippen molar-refractivity contribution >= 4 is 11.8 Å². The molecule has 3 N–H and O–H groups in total. The van der Waals surface area contributed by atoms with E-state index in [0.717, 1.165) is 0 Å². The fourth-order valence-electron chi connectivity index (χ4n) is 3.24. The number of amides is 2. The standard InChI is InChI=1S/C20H22F3N5O3/c1-11(2)16(12-4-6-13(7-5-12)31-20(21,22)23)28-19(30)14-10-15(29)27-18(26-14)17-24-8-3-9-25-17/h3-9,11,14,16,18,26H,10H2,1-2H3,(H,27,29)(H,28,30)/t14?,16-,18?/m1/s1. The van der Waals surface area contributed by atoms with Crippen LogP contribution in [0.25, 0.3) is 0 Å². The molecule has 0 aliphatic carbocycles. The molecule has 166 valence electrons. The van der Waals surface area contributed by atoms with Crippen LogP contribution >= 0.6 is 0 Å². The van der Waals surface area contributed by atoms with Gasteiger partial charge in [-0.25, -0.2) is 9.97 Å². The number of ether oxygens (including phenoxy) is 1. The summed E-state index contributed by atoms with van der Waals surface area (Å²) in [7, 11) is 0. The van der Waals surface area contributed by atoms with Gasteiger partial charge in [0.15, 0.2) is 5.82 Å². The fourth-order valence-corrected chi connectivity index (χ4v) is 3.24. The van der Waals surface area contributed by atoms with Gasteiger partial charge < -0.3 is 15.4 Å². The lowest BCUT2D eigenvalue weighted by atomic mass is 9.95. The predicted molar refractivity (Wildman–Crippen MR) is 103 cm³/mol. The highest BCUT2D eigenvalue weighted by molar-refractivity contribution is 5.89. The van der Waals surface area contributed by atoms with Crippen molar-refractivity contribution in [2.45, 2.75) is 44.9 Å². The molecule has 2 aromatic rings. The minimum absolute atomic E-state index is 0.0657. The summed E-state index contributed by atoms with van der Waals surface area (Å²) in [6.45, 7) is 3.74. The van der Waals surface area contributed by atoms with E-state index in [1.165, 1.54) is 36.7 Å². The average molecular weight is 437 g/mol. The minimum atomic E-state index is -4.78. The van der Waals surface area contributed by atoms with Gasteiger partial charge in [-0.05, 0) is 29.7 Å². The molecule has 1 aromatic heterocycles. The number of benzene rings is 1. The third-order valence-corrected chi connectivity index (χ3v) is 4.66. The van der Waals surface area contributed by atoms with Crippen LogP contribution in [0.1, 0.15) is 43.9 Å². The van der Waals surface area contributed by atoms with Crippen molar-refractivity contribution in [1.82, 2.24) is 25.9 Å². The van der Waals surface area contributed by atoms with Crippen molar-refractivity contribution in [3.63, 3.8) is 0 Å². The molecule has 3 rings (SSSR count). The van der Waals surface area contributed by atoms with Gasteiger partial charge in [-0.1, -0.05) is 26.0 Å². The topological polar surface area (TPSA) is 105 Å². The van der Waals surface area contributed by atoms with Gasteiger partial charge in [0.05, 0.1) is 18.5 Å². The molecule has 11 heteroatoms. The number of hydrogen-bond acceptors (Lipinski definition) is 6. The Hall–Kier alpha value is -3.21. The highest BCUT2D eigenvalue weighted by Gasteiger charge is 2.34. The van der Waals surface area contributed by atoms with E-state index in [0.29, 0.717) is 11.4 Å². The first-order valence-electron chi connectivity index (χ1n) is 9.61. The van der Waals surface area contributed by atoms with Crippen molar-refractivity contribution in [2.24, 2.45) is 5.92 Å². The molecule has 8 nitrogen and oxygen atoms in total. The van der Waals surface area contributed by atoms with Gasteiger partial charge in [-0.15, -0.1) is 13.2 Å². The van der Waals surface area contributed by atoms with Crippen LogP contribution < -0.4 is 20.7 Å². The zero-order chi connectivity index (χ0) is 22.6. The van der Waals surface area contributed by atoms with Gasteiger partial charge in [-0.3, -0.25) is 14.9 Å². The first kappa shape index (κ1) is 22.5. The molecule has 31 heavy (non-hydrogen) atoms. The maximum Gasteiger partial charge on any atom is 0.573 e. The van der Waals surface area contributed by atoms with Crippen molar-refractivity contribution in [3.05, 3.63) is 54.1 Å². The van der Waals surface area contributed by atoms with Crippen LogP contribution in [0.15, 0.2) is 42.7 Å². The van der Waals surface area contributed by atoms with E-state index in [4.69, 9.17) is 0 Å². The number of carbonyl (C=O) groups excluding carboxylic acids is 2. The summed E-state index contributed by atoms with van der Waals surface area (Å²) in [6, 6.07) is 5.65. The maximum atomic E-state index is 12.9. The number of rotatable bonds is 6. The van der Waals surface area contributed by atoms with Crippen LogP contribution in [0.3, 0.4) is 0 Å². The Labute approximate surface area is 176 Å². The highest BCUT2D eigenvalue weighted by atomic mass is 19.4. The largest absolute Gasteiger partial charge is 0.573 e. The molecule has 0 bridgehead atoms. The second-order valence-electron chi connectivity index (χ2n) is 7.38. The third-order valence-electron chi connectivity index (χ3n) is 4.66. The van der Waals surface area contributed by atoms with Crippen molar-refractivity contribution < 1.29 is 27.5 Å². The van der Waals surface area contributed by atoms with E-state index in [2.05, 4.69) is 30.7 Å². The molecule has 2 heterocycles. The van der Waals surface area contributed by atoms with Crippen molar-refractivity contribution in [2.75, 3.05) is 0 Å². The number of nitrogens with one attached hydrogen (secondary N) is 3. The van der Waals surface area contributed by atoms with E-state index >= 15 is 0 Å². The number of aromatic nitrogens is 2. The van der Waals surface area contributed by atoms with Crippen LogP contribution in [0.4, 0.5) is 13.2 Å². The molecule has 0 spiro atoms. The summed E-state index contributed by atoms with van der Waals surface area (Å²) in [5.41, 5.74) is 0.612. The fraction of sp³-hybridized carbons (Fsp3) is 0.400. The molecular weight excluding hydrogens is 415 g/mol. The summed E-state index contributed by atoms with van der Waals surface area (Å²) in [5, 5.41) is 8.58. The Morgan fingerprint density at radius 2 is 1.84 bits per heavy atom. The average Bonchev–Trinajstić information content (AvgIpc) is 2.71. The zero-order valence-electron chi connectivity index (χ0n) is 16.8. The Balaban J connectivity index is 1.70. The first-order valence-corrected chi connectivity index (χ1v) is 9.61. The predicted octanol–water partition coefficient (Wildman–Crippen LogP) is 2.37. The number of nitrogens with zero attached hydrogens (tertiary/aromatic N) is 2. The van der Waals surface area contributed by atoms with E-state index in [9.17, 15) is 22.8 Å². The van der Waals surface area contributed by atoms with Gasteiger partial charge in [0.2, 0.25) is 11.8 Å². The number of carbonyl (C=O) groups is 2. The summed E-state index contributed by atoms with van der Waals surface area (Å²) < 4.78 is 41.0. The van der Waals surface area contributed by atoms with E-state index < -0.39 is 30.5 Å². The quantitative estimate of drug-likeness (QED) is 0.641. The van der Waals surface area contributed by atoms with Gasteiger partial charge in [-0.2, -0.15) is 0 Å². The second kappa shape index (κ2) is 9.29. The number of hydrogen-bond donors (Lipinski definition) is 3. The Morgan fingerprint density at radius 3 is 2.42 bits per heavy atom. The summed E-state index contributed by atoms with van der Waals surface area (Å²) in [4.78, 5) is 33.2. The molecule has 1 saturated heterocycles. The van der Waals surface area contributed by atoms with Crippen LogP contribution in [0, 0.1) is 5.92 Å². The molecule has 1 aliphatic rings. The smallest absolute Gasteiger partial charge is 0.406 e. The molecule has 1 aliphatic heterocycles. The summed E-state index contributed by atoms with van der Waals surface area (Å²) in [5.74, 6) is -0.823. The van der Waals surface area contributed by atoms with Crippen LogP contribution in [-0.2, 0) is 9.59 Å². The molecule has 1 aromatic carbocycles. The minimum Gasteiger partial charge on any atom is -0.406 e. The number of alkyl halides is 3. The number of halogens is 3. The van der Waals surface area contributed by atoms with Crippen molar-refractivity contribution in [1.29, 1.82) is 0 Å². The summed E-state index contributed by atoms with van der Waals surface area (Å²) in [6.07, 6.45) is -2.51. The Kier molecular flexibility index (Phi) is 6.74. The zero-order valence-corrected chi connectivity index (χ0v) is 16.8. The van der Waals surface area contributed by atoms with E-state index in [-0.39, 0.29) is 24.0 Å². The lowest BCUT2D eigenvalue weighted by Crippen LogP contribution is -2.57. The molecule has 0 radical (unpaired) electrons. The van der Waals surface area contributed by atoms with Gasteiger partial charge in [0.25, 0.3) is 0 Å². The van der Waals surface area contributed by atoms with Crippen molar-refractivity contribution in [3.8, 4) is 5.75 Å². The lowest BCUT2D eigenvalue weighted by molar-refractivity contribution is -0.274. The SMILES string of the molecule is CC(C)[C@@H](NC(=O)C1CC(=O)NC(c2ncccn2)N1)c1ccc(OC(F)(F)F)cc1. The monoisotopic (exact) mass is 437 g/mol. The van der Waals surface area contributed by atoms with Crippen LogP contribution in [-0.4, -0.2) is 34.2 Å². The normalized spacial score (nSPS) is 20.1. The first-order chi connectivity index (χ1) is 14.6. The molecule has 0 saturated carbocycles. The Bertz CT molecular complexity index is 907. The van der Waals surface area contributed by atoms with E-state index in [1.54, 1.807) is 6.07 Å². The van der Waals surface area contributed by atoms with Gasteiger partial charge in [0, 0.05) is 12.4 Å². The molecule has 3 atom stereocenters. The van der Waals surface area contributed by atoms with Crippen LogP contribution in [0.2, 0.25) is 0 Å². The molecule has 2 unspecified atom stereocenters. The van der Waals surface area contributed by atoms with Gasteiger partial charge >= 0.3 is 6.36 Å². The maximum absolute atomic E-state index is 12.9. The van der Waals surface area contributed by atoms with E-state index in [1.807, 2.05) is 13.8 Å². The molecular formula is C20H22F3N5O3. The molecule has 2 amide bonds. The summed E-state index contributed by atoms with van der Waals surface area (Å²) >= 11 is 0. The van der Waals surface area contributed by atoms with Crippen LogP contribution in [0.5, 0.6) is 5.75 Å². The highest BCUT2D eigenvalue weighted by Crippen LogP contribution is 2.27. The lowest BCUT2D eigenvalue weighted by Gasteiger charge is -2.32. The Morgan fingerprint density at radius 1 is 1.19 bits per heavy atom. The third kappa shape index (κ3) is 6.14. The van der Waals surface area contributed by atoms with Gasteiger partial charge in [0.1, 0.15) is 11.9 Å². The second-order valence-corrected chi connectivity index (χ2v) is 7.38. The molecule has 1 fully saturated rings.